The highest BCUT2D eigenvalue weighted by atomic mass is 16.5. The third kappa shape index (κ3) is 4.59. The van der Waals surface area contributed by atoms with Gasteiger partial charge in [0.2, 0.25) is 0 Å². The van der Waals surface area contributed by atoms with Crippen molar-refractivity contribution in [1.29, 1.82) is 0 Å². The van der Waals surface area contributed by atoms with Crippen LogP contribution in [0, 0.1) is 11.3 Å². The van der Waals surface area contributed by atoms with E-state index in [0.717, 1.165) is 25.2 Å². The molecule has 0 atom stereocenters. The molecule has 0 amide bonds. The molecule has 0 spiro atoms. The van der Waals surface area contributed by atoms with Crippen LogP contribution in [0.25, 0.3) is 0 Å². The molecule has 0 radical (unpaired) electrons. The van der Waals surface area contributed by atoms with Crippen LogP contribution in [0.1, 0.15) is 58.8 Å². The van der Waals surface area contributed by atoms with Gasteiger partial charge in [0.15, 0.2) is 0 Å². The van der Waals surface area contributed by atoms with Crippen molar-refractivity contribution in [2.75, 3.05) is 19.8 Å². The first-order valence-electron chi connectivity index (χ1n) is 7.51. The molecule has 100 valence electrons. The minimum atomic E-state index is 0.551. The van der Waals surface area contributed by atoms with Gasteiger partial charge in [-0.15, -0.1) is 0 Å². The topological polar surface area (TPSA) is 21.3 Å². The summed E-state index contributed by atoms with van der Waals surface area (Å²) >= 11 is 0. The summed E-state index contributed by atoms with van der Waals surface area (Å²) in [5, 5.41) is 3.75. The molecule has 0 unspecified atom stereocenters. The van der Waals surface area contributed by atoms with Crippen LogP contribution in [0.3, 0.4) is 0 Å². The summed E-state index contributed by atoms with van der Waals surface area (Å²) in [5.41, 5.74) is 0.551. The third-order valence-electron chi connectivity index (χ3n) is 4.39. The zero-order valence-corrected chi connectivity index (χ0v) is 11.6. The van der Waals surface area contributed by atoms with Crippen molar-refractivity contribution < 1.29 is 4.74 Å². The molecule has 0 aromatic carbocycles. The smallest absolute Gasteiger partial charge is 0.0471 e. The minimum absolute atomic E-state index is 0.551. The predicted octanol–water partition coefficient (Wildman–Crippen LogP) is 3.36. The minimum Gasteiger partial charge on any atom is -0.381 e. The fraction of sp³-hybridized carbons (Fsp3) is 1.00. The molecule has 1 saturated heterocycles. The largest absolute Gasteiger partial charge is 0.381 e. The van der Waals surface area contributed by atoms with Gasteiger partial charge >= 0.3 is 0 Å². The van der Waals surface area contributed by atoms with Crippen LogP contribution < -0.4 is 5.32 Å². The summed E-state index contributed by atoms with van der Waals surface area (Å²) in [4.78, 5) is 0. The Morgan fingerprint density at radius 2 is 1.94 bits per heavy atom. The first kappa shape index (κ1) is 13.4. The molecule has 1 N–H and O–H groups in total. The van der Waals surface area contributed by atoms with Gasteiger partial charge < -0.3 is 10.1 Å². The molecule has 1 heterocycles. The summed E-state index contributed by atoms with van der Waals surface area (Å²) in [5.74, 6) is 0.850. The maximum absolute atomic E-state index is 5.55. The first-order chi connectivity index (χ1) is 8.20. The van der Waals surface area contributed by atoms with E-state index in [9.17, 15) is 0 Å². The van der Waals surface area contributed by atoms with Crippen molar-refractivity contribution in [3.8, 4) is 0 Å². The van der Waals surface area contributed by atoms with Crippen LogP contribution in [-0.2, 0) is 4.74 Å². The van der Waals surface area contributed by atoms with Gasteiger partial charge in [0.25, 0.3) is 0 Å². The predicted molar refractivity (Wildman–Crippen MR) is 72.2 cm³/mol. The molecule has 1 saturated carbocycles. The molecule has 2 nitrogen and oxygen atoms in total. The van der Waals surface area contributed by atoms with Gasteiger partial charge in [-0.3, -0.25) is 0 Å². The Morgan fingerprint density at radius 1 is 1.24 bits per heavy atom. The lowest BCUT2D eigenvalue weighted by Crippen LogP contribution is -2.40. The Bertz CT molecular complexity index is 217. The number of ether oxygens (including phenoxy) is 1. The molecule has 0 aromatic heterocycles. The van der Waals surface area contributed by atoms with Crippen LogP contribution in [0.2, 0.25) is 0 Å². The van der Waals surface area contributed by atoms with E-state index in [2.05, 4.69) is 19.2 Å². The van der Waals surface area contributed by atoms with E-state index < -0.39 is 0 Å². The van der Waals surface area contributed by atoms with Gasteiger partial charge in [-0.25, -0.2) is 0 Å². The van der Waals surface area contributed by atoms with Gasteiger partial charge in [0, 0.05) is 25.8 Å². The van der Waals surface area contributed by atoms with E-state index >= 15 is 0 Å². The van der Waals surface area contributed by atoms with Gasteiger partial charge in [-0.1, -0.05) is 26.7 Å². The molecule has 2 fully saturated rings. The van der Waals surface area contributed by atoms with Crippen LogP contribution in [0.5, 0.6) is 0 Å². The number of hydrogen-bond acceptors (Lipinski definition) is 2. The molecule has 1 aliphatic carbocycles. The zero-order valence-electron chi connectivity index (χ0n) is 11.6. The van der Waals surface area contributed by atoms with Gasteiger partial charge in [0.1, 0.15) is 0 Å². The van der Waals surface area contributed by atoms with Gasteiger partial charge in [-0.2, -0.15) is 0 Å². The summed E-state index contributed by atoms with van der Waals surface area (Å²) < 4.78 is 5.55. The second-order valence-corrected chi connectivity index (χ2v) is 6.55. The van der Waals surface area contributed by atoms with E-state index in [1.54, 1.807) is 0 Å². The SMILES string of the molecule is CC(C)CCCC1(CNC2CC2)CCOCC1. The van der Waals surface area contributed by atoms with Crippen LogP contribution in [0.4, 0.5) is 0 Å². The average molecular weight is 239 g/mol. The maximum Gasteiger partial charge on any atom is 0.0471 e. The van der Waals surface area contributed by atoms with E-state index in [1.165, 1.54) is 51.5 Å². The highest BCUT2D eigenvalue weighted by Crippen LogP contribution is 2.36. The highest BCUT2D eigenvalue weighted by Gasteiger charge is 2.33. The third-order valence-corrected chi connectivity index (χ3v) is 4.39. The summed E-state index contributed by atoms with van der Waals surface area (Å²) in [6.07, 6.45) is 9.51. The van der Waals surface area contributed by atoms with Crippen molar-refractivity contribution in [3.05, 3.63) is 0 Å². The summed E-state index contributed by atoms with van der Waals surface area (Å²) in [7, 11) is 0. The normalized spacial score (nSPS) is 24.2. The molecule has 0 bridgehead atoms. The Morgan fingerprint density at radius 3 is 2.53 bits per heavy atom. The molecule has 1 aliphatic heterocycles. The lowest BCUT2D eigenvalue weighted by atomic mass is 9.75. The maximum atomic E-state index is 5.55. The molecular weight excluding hydrogens is 210 g/mol. The van der Waals surface area contributed by atoms with Gasteiger partial charge in [-0.05, 0) is 43.4 Å². The molecule has 2 heteroatoms. The van der Waals surface area contributed by atoms with Crippen molar-refractivity contribution in [1.82, 2.24) is 5.32 Å². The van der Waals surface area contributed by atoms with Crippen molar-refractivity contribution >= 4 is 0 Å². The Balaban J connectivity index is 1.77. The van der Waals surface area contributed by atoms with Gasteiger partial charge in [0.05, 0.1) is 0 Å². The van der Waals surface area contributed by atoms with Crippen molar-refractivity contribution in [2.24, 2.45) is 11.3 Å². The summed E-state index contributed by atoms with van der Waals surface area (Å²) in [6.45, 7) is 7.86. The molecule has 2 aliphatic rings. The average Bonchev–Trinajstić information content (AvgIpc) is 3.11. The van der Waals surface area contributed by atoms with Crippen LogP contribution in [0.15, 0.2) is 0 Å². The van der Waals surface area contributed by atoms with E-state index in [1.807, 2.05) is 0 Å². The highest BCUT2D eigenvalue weighted by molar-refractivity contribution is 4.89. The molecule has 17 heavy (non-hydrogen) atoms. The second-order valence-electron chi connectivity index (χ2n) is 6.55. The van der Waals surface area contributed by atoms with Crippen molar-refractivity contribution in [2.45, 2.75) is 64.8 Å². The zero-order chi connectivity index (χ0) is 12.1. The Kier molecular flexibility index (Phi) is 4.87. The standard InChI is InChI=1S/C15H29NO/c1-13(2)4-3-7-15(8-10-17-11-9-15)12-16-14-5-6-14/h13-14,16H,3-12H2,1-2H3. The number of rotatable bonds is 7. The van der Waals surface area contributed by atoms with E-state index in [4.69, 9.17) is 4.74 Å². The summed E-state index contributed by atoms with van der Waals surface area (Å²) in [6, 6.07) is 0.847. The fourth-order valence-electron chi connectivity index (χ4n) is 2.85. The quantitative estimate of drug-likeness (QED) is 0.735. The lowest BCUT2D eigenvalue weighted by molar-refractivity contribution is 0.00864. The van der Waals surface area contributed by atoms with E-state index in [0.29, 0.717) is 5.41 Å². The molecule has 2 rings (SSSR count). The first-order valence-corrected chi connectivity index (χ1v) is 7.51. The van der Waals surface area contributed by atoms with E-state index in [-0.39, 0.29) is 0 Å². The van der Waals surface area contributed by atoms with Crippen molar-refractivity contribution in [3.63, 3.8) is 0 Å². The molecular formula is C15H29NO. The lowest BCUT2D eigenvalue weighted by Gasteiger charge is -2.38. The second kappa shape index (κ2) is 6.19. The Labute approximate surface area is 107 Å². The Hall–Kier alpha value is -0.0800. The fourth-order valence-corrected chi connectivity index (χ4v) is 2.85. The number of hydrogen-bond donors (Lipinski definition) is 1. The van der Waals surface area contributed by atoms with Crippen LogP contribution >= 0.6 is 0 Å². The van der Waals surface area contributed by atoms with Crippen LogP contribution in [-0.4, -0.2) is 25.8 Å². The number of nitrogens with one attached hydrogen (secondary N) is 1. The monoisotopic (exact) mass is 239 g/mol. The molecule has 0 aromatic rings.